The van der Waals surface area contributed by atoms with Crippen molar-refractivity contribution in [2.75, 3.05) is 13.7 Å². The zero-order valence-electron chi connectivity index (χ0n) is 11.7. The Balaban J connectivity index is 2.19. The number of rotatable bonds is 4. The minimum Gasteiger partial charge on any atom is -0.480 e. The number of carboxylic acids is 1. The van der Waals surface area contributed by atoms with Gasteiger partial charge in [-0.05, 0) is 0 Å². The first-order chi connectivity index (χ1) is 9.43. The van der Waals surface area contributed by atoms with Crippen molar-refractivity contribution >= 4 is 23.2 Å². The molecule has 0 saturated carbocycles. The molecule has 0 spiro atoms. The Labute approximate surface area is 121 Å². The quantitative estimate of drug-likeness (QED) is 0.913. The zero-order valence-corrected chi connectivity index (χ0v) is 12.5. The van der Waals surface area contributed by atoms with Gasteiger partial charge in [-0.1, -0.05) is 13.8 Å². The van der Waals surface area contributed by atoms with Gasteiger partial charge in [0.05, 0.1) is 17.3 Å². The molecule has 0 aliphatic carbocycles. The zero-order chi connectivity index (χ0) is 14.9. The summed E-state index contributed by atoms with van der Waals surface area (Å²) in [5.41, 5.74) is 0. The predicted molar refractivity (Wildman–Crippen MR) is 74.1 cm³/mol. The van der Waals surface area contributed by atoms with E-state index in [0.29, 0.717) is 17.8 Å². The highest BCUT2D eigenvalue weighted by atomic mass is 32.1. The van der Waals surface area contributed by atoms with Gasteiger partial charge in [0, 0.05) is 26.0 Å². The van der Waals surface area contributed by atoms with Gasteiger partial charge in [0.25, 0.3) is 5.91 Å². The number of hydrogen-bond donors (Lipinski definition) is 1. The van der Waals surface area contributed by atoms with E-state index in [1.807, 2.05) is 13.8 Å². The molecule has 20 heavy (non-hydrogen) atoms. The fourth-order valence-corrected chi connectivity index (χ4v) is 3.10. The number of aromatic nitrogens is 1. The SMILES string of the molecule is COC1CC(C(=O)O)N(C(=O)c2cnc(C(C)C)s2)C1. The third kappa shape index (κ3) is 2.83. The molecule has 110 valence electrons. The molecule has 1 aliphatic heterocycles. The highest BCUT2D eigenvalue weighted by Crippen LogP contribution is 2.26. The van der Waals surface area contributed by atoms with Crippen LogP contribution >= 0.6 is 11.3 Å². The molecule has 2 heterocycles. The molecule has 1 aliphatic rings. The molecule has 7 heteroatoms. The molecule has 1 aromatic heterocycles. The van der Waals surface area contributed by atoms with E-state index >= 15 is 0 Å². The van der Waals surface area contributed by atoms with Crippen LogP contribution in [0.4, 0.5) is 0 Å². The van der Waals surface area contributed by atoms with Crippen LogP contribution in [0.2, 0.25) is 0 Å². The van der Waals surface area contributed by atoms with Crippen molar-refractivity contribution in [2.45, 2.75) is 38.3 Å². The summed E-state index contributed by atoms with van der Waals surface area (Å²) < 4.78 is 5.18. The lowest BCUT2D eigenvalue weighted by atomic mass is 10.2. The lowest BCUT2D eigenvalue weighted by molar-refractivity contribution is -0.141. The number of methoxy groups -OCH3 is 1. The largest absolute Gasteiger partial charge is 0.480 e. The van der Waals surface area contributed by atoms with Gasteiger partial charge in [-0.25, -0.2) is 9.78 Å². The van der Waals surface area contributed by atoms with Crippen LogP contribution in [0.5, 0.6) is 0 Å². The monoisotopic (exact) mass is 298 g/mol. The maximum Gasteiger partial charge on any atom is 0.326 e. The van der Waals surface area contributed by atoms with Gasteiger partial charge in [-0.3, -0.25) is 4.79 Å². The third-order valence-electron chi connectivity index (χ3n) is 3.37. The topological polar surface area (TPSA) is 79.7 Å². The van der Waals surface area contributed by atoms with Crippen LogP contribution in [0.15, 0.2) is 6.20 Å². The number of nitrogens with zero attached hydrogens (tertiary/aromatic N) is 2. The highest BCUT2D eigenvalue weighted by Gasteiger charge is 2.40. The summed E-state index contributed by atoms with van der Waals surface area (Å²) >= 11 is 1.32. The highest BCUT2D eigenvalue weighted by molar-refractivity contribution is 7.13. The molecule has 1 amide bonds. The summed E-state index contributed by atoms with van der Waals surface area (Å²) in [6, 6.07) is -0.822. The third-order valence-corrected chi connectivity index (χ3v) is 4.66. The fraction of sp³-hybridized carbons (Fsp3) is 0.615. The number of ether oxygens (including phenoxy) is 1. The first-order valence-electron chi connectivity index (χ1n) is 6.46. The average molecular weight is 298 g/mol. The molecule has 1 aromatic rings. The number of aliphatic carboxylic acids is 1. The number of carbonyl (C=O) groups is 2. The van der Waals surface area contributed by atoms with E-state index < -0.39 is 12.0 Å². The lowest BCUT2D eigenvalue weighted by Gasteiger charge is -2.20. The summed E-state index contributed by atoms with van der Waals surface area (Å²) in [7, 11) is 1.53. The Morgan fingerprint density at radius 1 is 1.55 bits per heavy atom. The summed E-state index contributed by atoms with van der Waals surface area (Å²) in [5.74, 6) is -1.02. The van der Waals surface area contributed by atoms with Crippen LogP contribution < -0.4 is 0 Å². The lowest BCUT2D eigenvalue weighted by Crippen LogP contribution is -2.40. The van der Waals surface area contributed by atoms with Gasteiger partial charge >= 0.3 is 5.97 Å². The summed E-state index contributed by atoms with van der Waals surface area (Å²) in [4.78, 5) is 29.8. The Morgan fingerprint density at radius 3 is 2.75 bits per heavy atom. The van der Waals surface area contributed by atoms with Crippen molar-refractivity contribution in [3.05, 3.63) is 16.1 Å². The second-order valence-corrected chi connectivity index (χ2v) is 6.18. The maximum atomic E-state index is 12.4. The van der Waals surface area contributed by atoms with Crippen LogP contribution in [0, 0.1) is 0 Å². The van der Waals surface area contributed by atoms with E-state index in [2.05, 4.69) is 4.98 Å². The number of carboxylic acid groups (broad SMARTS) is 1. The van der Waals surface area contributed by atoms with Gasteiger partial charge < -0.3 is 14.7 Å². The van der Waals surface area contributed by atoms with Crippen LogP contribution in [0.3, 0.4) is 0 Å². The second kappa shape index (κ2) is 5.88. The van der Waals surface area contributed by atoms with Gasteiger partial charge in [0.2, 0.25) is 0 Å². The van der Waals surface area contributed by atoms with Crippen molar-refractivity contribution in [2.24, 2.45) is 0 Å². The van der Waals surface area contributed by atoms with Crippen molar-refractivity contribution in [1.82, 2.24) is 9.88 Å². The smallest absolute Gasteiger partial charge is 0.326 e. The number of hydrogen-bond acceptors (Lipinski definition) is 5. The molecule has 0 aromatic carbocycles. The minimum atomic E-state index is -0.994. The van der Waals surface area contributed by atoms with Crippen molar-refractivity contribution in [1.29, 1.82) is 0 Å². The Bertz CT molecular complexity index is 514. The molecule has 0 radical (unpaired) electrons. The van der Waals surface area contributed by atoms with E-state index in [0.717, 1.165) is 5.01 Å². The number of likely N-dealkylation sites (tertiary alicyclic amines) is 1. The van der Waals surface area contributed by atoms with Crippen LogP contribution in [-0.2, 0) is 9.53 Å². The normalized spacial score (nSPS) is 22.5. The van der Waals surface area contributed by atoms with Crippen LogP contribution in [0.25, 0.3) is 0 Å². The molecular formula is C13H18N2O4S. The Hall–Kier alpha value is -1.47. The minimum absolute atomic E-state index is 0.224. The van der Waals surface area contributed by atoms with E-state index in [4.69, 9.17) is 4.74 Å². The number of amides is 1. The van der Waals surface area contributed by atoms with Gasteiger partial charge in [0.1, 0.15) is 10.9 Å². The maximum absolute atomic E-state index is 12.4. The van der Waals surface area contributed by atoms with Crippen molar-refractivity contribution < 1.29 is 19.4 Å². The molecule has 2 unspecified atom stereocenters. The molecule has 1 saturated heterocycles. The average Bonchev–Trinajstić information content (AvgIpc) is 3.04. The molecule has 2 rings (SSSR count). The van der Waals surface area contributed by atoms with Crippen LogP contribution in [0.1, 0.15) is 40.9 Å². The van der Waals surface area contributed by atoms with E-state index in [-0.39, 0.29) is 17.9 Å². The number of carbonyl (C=O) groups excluding carboxylic acids is 1. The molecule has 1 fully saturated rings. The Kier molecular flexibility index (Phi) is 4.39. The van der Waals surface area contributed by atoms with Crippen LogP contribution in [-0.4, -0.2) is 52.7 Å². The van der Waals surface area contributed by atoms with Gasteiger partial charge in [-0.2, -0.15) is 0 Å². The molecule has 0 bridgehead atoms. The van der Waals surface area contributed by atoms with E-state index in [9.17, 15) is 14.7 Å². The summed E-state index contributed by atoms with van der Waals surface area (Å²) in [6.45, 7) is 4.31. The standard InChI is InChI=1S/C13H18N2O4S/c1-7(2)11-14-5-10(20-11)12(16)15-6-8(19-3)4-9(15)13(17)18/h5,7-9H,4,6H2,1-3H3,(H,17,18). The first kappa shape index (κ1) is 14.9. The Morgan fingerprint density at radius 2 is 2.25 bits per heavy atom. The summed E-state index contributed by atoms with van der Waals surface area (Å²) in [6.07, 6.45) is 1.63. The second-order valence-electron chi connectivity index (χ2n) is 5.12. The van der Waals surface area contributed by atoms with Crippen molar-refractivity contribution in [3.63, 3.8) is 0 Å². The van der Waals surface area contributed by atoms with Gasteiger partial charge in [0.15, 0.2) is 0 Å². The molecule has 6 nitrogen and oxygen atoms in total. The molecule has 1 N–H and O–H groups in total. The first-order valence-corrected chi connectivity index (χ1v) is 7.28. The fourth-order valence-electron chi connectivity index (χ4n) is 2.22. The van der Waals surface area contributed by atoms with E-state index in [1.165, 1.54) is 29.5 Å². The number of thiazole rings is 1. The summed E-state index contributed by atoms with van der Waals surface area (Å²) in [5, 5.41) is 10.1. The van der Waals surface area contributed by atoms with E-state index in [1.54, 1.807) is 0 Å². The molecular weight excluding hydrogens is 280 g/mol. The van der Waals surface area contributed by atoms with Crippen molar-refractivity contribution in [3.8, 4) is 0 Å². The predicted octanol–water partition coefficient (Wildman–Crippen LogP) is 1.58. The van der Waals surface area contributed by atoms with Gasteiger partial charge in [-0.15, -0.1) is 11.3 Å². The molecule has 2 atom stereocenters.